The Kier molecular flexibility index (Phi) is 6.42. The predicted molar refractivity (Wildman–Crippen MR) is 76.9 cm³/mol. The molecule has 0 spiro atoms. The van der Waals surface area contributed by atoms with Gasteiger partial charge in [-0.15, -0.1) is 0 Å². The SMILES string of the molecule is CC(C)NC(=O)CC1CCN(C(=O)C(N)C(C)O)CC1. The van der Waals surface area contributed by atoms with E-state index in [0.29, 0.717) is 25.4 Å². The number of nitrogens with one attached hydrogen (secondary N) is 1. The van der Waals surface area contributed by atoms with Gasteiger partial charge in [0.25, 0.3) is 0 Å². The Hall–Kier alpha value is -1.14. The van der Waals surface area contributed by atoms with Gasteiger partial charge in [0.2, 0.25) is 11.8 Å². The van der Waals surface area contributed by atoms with Gasteiger partial charge in [0.15, 0.2) is 0 Å². The summed E-state index contributed by atoms with van der Waals surface area (Å²) < 4.78 is 0. The van der Waals surface area contributed by atoms with Crippen LogP contribution in [0.4, 0.5) is 0 Å². The highest BCUT2D eigenvalue weighted by molar-refractivity contribution is 5.82. The zero-order valence-electron chi connectivity index (χ0n) is 12.6. The largest absolute Gasteiger partial charge is 0.391 e. The zero-order valence-corrected chi connectivity index (χ0v) is 12.6. The van der Waals surface area contributed by atoms with E-state index in [-0.39, 0.29) is 17.9 Å². The lowest BCUT2D eigenvalue weighted by molar-refractivity contribution is -0.136. The number of hydrogen-bond donors (Lipinski definition) is 3. The van der Waals surface area contributed by atoms with Gasteiger partial charge in [-0.2, -0.15) is 0 Å². The van der Waals surface area contributed by atoms with Crippen molar-refractivity contribution in [2.24, 2.45) is 11.7 Å². The van der Waals surface area contributed by atoms with Gasteiger partial charge in [0.05, 0.1) is 6.10 Å². The smallest absolute Gasteiger partial charge is 0.242 e. The van der Waals surface area contributed by atoms with E-state index in [1.54, 1.807) is 4.90 Å². The van der Waals surface area contributed by atoms with Crippen LogP contribution in [-0.4, -0.2) is 53.1 Å². The van der Waals surface area contributed by atoms with Crippen molar-refractivity contribution in [1.29, 1.82) is 0 Å². The molecule has 2 atom stereocenters. The van der Waals surface area contributed by atoms with Gasteiger partial charge in [-0.1, -0.05) is 0 Å². The van der Waals surface area contributed by atoms with Crippen molar-refractivity contribution in [2.75, 3.05) is 13.1 Å². The third-order valence-corrected chi connectivity index (χ3v) is 3.65. The van der Waals surface area contributed by atoms with Crippen LogP contribution in [0.3, 0.4) is 0 Å². The number of amides is 2. The zero-order chi connectivity index (χ0) is 15.3. The van der Waals surface area contributed by atoms with Crippen LogP contribution in [0.1, 0.15) is 40.0 Å². The van der Waals surface area contributed by atoms with Crippen molar-refractivity contribution < 1.29 is 14.7 Å². The van der Waals surface area contributed by atoms with Gasteiger partial charge < -0.3 is 21.1 Å². The minimum atomic E-state index is -0.851. The van der Waals surface area contributed by atoms with Crippen molar-refractivity contribution in [3.63, 3.8) is 0 Å². The molecule has 0 radical (unpaired) electrons. The summed E-state index contributed by atoms with van der Waals surface area (Å²) in [6, 6.07) is -0.691. The van der Waals surface area contributed by atoms with Crippen molar-refractivity contribution in [1.82, 2.24) is 10.2 Å². The summed E-state index contributed by atoms with van der Waals surface area (Å²) in [6.45, 7) is 6.62. The van der Waals surface area contributed by atoms with Crippen molar-refractivity contribution in [2.45, 2.75) is 58.2 Å². The minimum absolute atomic E-state index is 0.0745. The van der Waals surface area contributed by atoms with E-state index in [1.165, 1.54) is 6.92 Å². The molecule has 4 N–H and O–H groups in total. The minimum Gasteiger partial charge on any atom is -0.391 e. The maximum atomic E-state index is 12.0. The second-order valence-electron chi connectivity index (χ2n) is 5.96. The van der Waals surface area contributed by atoms with Crippen LogP contribution >= 0.6 is 0 Å². The Morgan fingerprint density at radius 1 is 1.30 bits per heavy atom. The molecular formula is C14H27N3O3. The lowest BCUT2D eigenvalue weighted by atomic mass is 9.92. The second kappa shape index (κ2) is 7.59. The van der Waals surface area contributed by atoms with Crippen LogP contribution < -0.4 is 11.1 Å². The molecule has 1 fully saturated rings. The molecule has 0 aromatic rings. The van der Waals surface area contributed by atoms with E-state index in [4.69, 9.17) is 5.73 Å². The van der Waals surface area contributed by atoms with Crippen LogP contribution in [0, 0.1) is 5.92 Å². The molecule has 1 aliphatic heterocycles. The predicted octanol–water partition coefficient (Wildman–Crippen LogP) is -0.152. The number of hydrogen-bond acceptors (Lipinski definition) is 4. The van der Waals surface area contributed by atoms with Crippen molar-refractivity contribution in [3.05, 3.63) is 0 Å². The van der Waals surface area contributed by atoms with E-state index >= 15 is 0 Å². The van der Waals surface area contributed by atoms with Crippen molar-refractivity contribution in [3.8, 4) is 0 Å². The number of carbonyl (C=O) groups excluding carboxylic acids is 2. The molecule has 2 unspecified atom stereocenters. The second-order valence-corrected chi connectivity index (χ2v) is 5.96. The Balaban J connectivity index is 2.36. The highest BCUT2D eigenvalue weighted by Gasteiger charge is 2.29. The number of aliphatic hydroxyl groups is 1. The summed E-state index contributed by atoms with van der Waals surface area (Å²) >= 11 is 0. The number of nitrogens with zero attached hydrogens (tertiary/aromatic N) is 1. The normalized spacial score (nSPS) is 19.8. The van der Waals surface area contributed by atoms with E-state index in [9.17, 15) is 14.7 Å². The fourth-order valence-corrected chi connectivity index (χ4v) is 2.42. The van der Waals surface area contributed by atoms with Crippen LogP contribution in [-0.2, 0) is 9.59 Å². The van der Waals surface area contributed by atoms with Gasteiger partial charge in [-0.25, -0.2) is 0 Å². The third kappa shape index (κ3) is 5.09. The summed E-state index contributed by atoms with van der Waals surface area (Å²) in [5, 5.41) is 12.2. The molecule has 1 saturated heterocycles. The first-order valence-electron chi connectivity index (χ1n) is 7.33. The molecule has 0 bridgehead atoms. The van der Waals surface area contributed by atoms with E-state index in [2.05, 4.69) is 5.32 Å². The van der Waals surface area contributed by atoms with E-state index in [0.717, 1.165) is 12.8 Å². The van der Waals surface area contributed by atoms with Gasteiger partial charge in [0, 0.05) is 25.6 Å². The van der Waals surface area contributed by atoms with Gasteiger partial charge in [-0.05, 0) is 39.5 Å². The molecular weight excluding hydrogens is 258 g/mol. The molecule has 0 aromatic heterocycles. The van der Waals surface area contributed by atoms with Crippen LogP contribution in [0.2, 0.25) is 0 Å². The Labute approximate surface area is 120 Å². The van der Waals surface area contributed by atoms with Crippen molar-refractivity contribution >= 4 is 11.8 Å². The summed E-state index contributed by atoms with van der Waals surface area (Å²) in [5.74, 6) is 0.191. The van der Waals surface area contributed by atoms with Gasteiger partial charge >= 0.3 is 0 Å². The molecule has 116 valence electrons. The third-order valence-electron chi connectivity index (χ3n) is 3.65. The van der Waals surface area contributed by atoms with Crippen LogP contribution in [0.25, 0.3) is 0 Å². The van der Waals surface area contributed by atoms with Crippen LogP contribution in [0.15, 0.2) is 0 Å². The molecule has 1 rings (SSSR count). The standard InChI is InChI=1S/C14H27N3O3/c1-9(2)16-12(19)8-11-4-6-17(7-5-11)14(20)13(15)10(3)18/h9-11,13,18H,4-8,15H2,1-3H3,(H,16,19). The molecule has 6 nitrogen and oxygen atoms in total. The molecule has 0 aromatic carbocycles. The molecule has 0 aliphatic carbocycles. The monoisotopic (exact) mass is 285 g/mol. The lowest BCUT2D eigenvalue weighted by Gasteiger charge is -2.33. The average molecular weight is 285 g/mol. The van der Waals surface area contributed by atoms with Gasteiger partial charge in [-0.3, -0.25) is 9.59 Å². The Morgan fingerprint density at radius 2 is 1.85 bits per heavy atom. The molecule has 1 aliphatic rings. The summed E-state index contributed by atoms with van der Waals surface area (Å²) in [5.41, 5.74) is 5.66. The number of piperidine rings is 1. The number of aliphatic hydroxyl groups excluding tert-OH is 1. The maximum Gasteiger partial charge on any atom is 0.242 e. The van der Waals surface area contributed by atoms with Crippen LogP contribution in [0.5, 0.6) is 0 Å². The number of carbonyl (C=O) groups is 2. The quantitative estimate of drug-likeness (QED) is 0.654. The summed E-state index contributed by atoms with van der Waals surface area (Å²) in [6.07, 6.45) is 1.30. The molecule has 6 heteroatoms. The van der Waals surface area contributed by atoms with Gasteiger partial charge in [0.1, 0.15) is 6.04 Å². The Morgan fingerprint density at radius 3 is 2.30 bits per heavy atom. The first-order chi connectivity index (χ1) is 9.31. The topological polar surface area (TPSA) is 95.7 Å². The molecule has 0 saturated carbocycles. The summed E-state index contributed by atoms with van der Waals surface area (Å²) in [4.78, 5) is 25.4. The number of nitrogens with two attached hydrogens (primary N) is 1. The summed E-state index contributed by atoms with van der Waals surface area (Å²) in [7, 11) is 0. The molecule has 20 heavy (non-hydrogen) atoms. The molecule has 2 amide bonds. The first-order valence-corrected chi connectivity index (χ1v) is 7.33. The average Bonchev–Trinajstić information content (AvgIpc) is 2.36. The molecule has 1 heterocycles. The fraction of sp³-hybridized carbons (Fsp3) is 0.857. The highest BCUT2D eigenvalue weighted by Crippen LogP contribution is 2.21. The fourth-order valence-electron chi connectivity index (χ4n) is 2.42. The lowest BCUT2D eigenvalue weighted by Crippen LogP contribution is -2.51. The number of rotatable bonds is 5. The van der Waals surface area contributed by atoms with E-state index in [1.807, 2.05) is 13.8 Å². The van der Waals surface area contributed by atoms with E-state index < -0.39 is 12.1 Å². The Bertz CT molecular complexity index is 337. The number of likely N-dealkylation sites (tertiary alicyclic amines) is 1. The first kappa shape index (κ1) is 16.9. The maximum absolute atomic E-state index is 12.0. The highest BCUT2D eigenvalue weighted by atomic mass is 16.3.